The van der Waals surface area contributed by atoms with Crippen molar-refractivity contribution >= 4 is 46.4 Å². The highest BCUT2D eigenvalue weighted by molar-refractivity contribution is 6.31. The van der Waals surface area contributed by atoms with Crippen LogP contribution in [0.4, 0.5) is 0 Å². The molecule has 0 radical (unpaired) electrons. The Hall–Kier alpha value is -0.400. The van der Waals surface area contributed by atoms with E-state index in [1.165, 1.54) is 86.5 Å². The minimum absolute atomic E-state index is 0.0206. The summed E-state index contributed by atoms with van der Waals surface area (Å²) in [4.78, 5) is 0. The Labute approximate surface area is 221 Å². The molecule has 182 valence electrons. The maximum atomic E-state index is 6.54. The van der Waals surface area contributed by atoms with Gasteiger partial charge in [0.15, 0.2) is 0 Å². The number of hydrogen-bond donors (Lipinski definition) is 0. The van der Waals surface area contributed by atoms with Crippen molar-refractivity contribution in [1.29, 1.82) is 0 Å². The van der Waals surface area contributed by atoms with E-state index in [0.29, 0.717) is 0 Å². The average Bonchev–Trinajstić information content (AvgIpc) is 3.06. The predicted molar refractivity (Wildman–Crippen MR) is 149 cm³/mol. The van der Waals surface area contributed by atoms with Crippen LogP contribution in [0.15, 0.2) is 36.4 Å². The number of unbranched alkanes of at least 4 members (excludes halogenated alkanes) is 10. The van der Waals surface area contributed by atoms with E-state index >= 15 is 0 Å². The SMILES string of the molecule is ClCCCCCCCCC1(CCCCCCCCCl)c2cc(Cl)ccc2-c2ccc(Cl)cc21. The van der Waals surface area contributed by atoms with E-state index < -0.39 is 0 Å². The molecule has 3 rings (SSSR count). The maximum Gasteiger partial charge on any atom is 0.0409 e. The third-order valence-electron chi connectivity index (χ3n) is 7.26. The van der Waals surface area contributed by atoms with Gasteiger partial charge in [0, 0.05) is 27.2 Å². The second-order valence-corrected chi connectivity index (χ2v) is 11.2. The van der Waals surface area contributed by atoms with Gasteiger partial charge in [0.25, 0.3) is 0 Å². The van der Waals surface area contributed by atoms with Gasteiger partial charge in [-0.05, 0) is 72.2 Å². The van der Waals surface area contributed by atoms with Crippen molar-refractivity contribution in [3.63, 3.8) is 0 Å². The summed E-state index contributed by atoms with van der Waals surface area (Å²) in [5, 5.41) is 1.67. The quantitative estimate of drug-likeness (QED) is 0.150. The molecule has 0 nitrogen and oxygen atoms in total. The summed E-state index contributed by atoms with van der Waals surface area (Å²) in [6.07, 6.45) is 17.2. The first-order valence-electron chi connectivity index (χ1n) is 12.8. The Morgan fingerprint density at radius 2 is 0.848 bits per heavy atom. The van der Waals surface area contributed by atoms with Crippen LogP contribution in [0.3, 0.4) is 0 Å². The van der Waals surface area contributed by atoms with Gasteiger partial charge in [-0.2, -0.15) is 0 Å². The molecule has 1 aliphatic carbocycles. The Morgan fingerprint density at radius 1 is 0.485 bits per heavy atom. The van der Waals surface area contributed by atoms with Gasteiger partial charge in [0.2, 0.25) is 0 Å². The summed E-state index contributed by atoms with van der Waals surface area (Å²) in [5.41, 5.74) is 5.53. The average molecular weight is 528 g/mol. The molecule has 0 aliphatic heterocycles. The third kappa shape index (κ3) is 7.30. The summed E-state index contributed by atoms with van der Waals surface area (Å²) in [7, 11) is 0. The zero-order valence-electron chi connectivity index (χ0n) is 19.8. The molecule has 0 unspecified atom stereocenters. The number of hydrogen-bond acceptors (Lipinski definition) is 0. The van der Waals surface area contributed by atoms with Crippen LogP contribution in [-0.2, 0) is 5.41 Å². The molecule has 0 heterocycles. The number of halogens is 4. The van der Waals surface area contributed by atoms with Crippen molar-refractivity contribution in [2.75, 3.05) is 11.8 Å². The first kappa shape index (κ1) is 27.2. The van der Waals surface area contributed by atoms with Gasteiger partial charge in [-0.1, -0.05) is 99.5 Å². The smallest absolute Gasteiger partial charge is 0.0409 e. The van der Waals surface area contributed by atoms with E-state index in [1.807, 2.05) is 12.1 Å². The highest BCUT2D eigenvalue weighted by atomic mass is 35.5. The van der Waals surface area contributed by atoms with E-state index in [0.717, 1.165) is 47.5 Å². The fourth-order valence-electron chi connectivity index (χ4n) is 5.56. The lowest BCUT2D eigenvalue weighted by Crippen LogP contribution is -2.25. The lowest BCUT2D eigenvalue weighted by Gasteiger charge is -2.33. The minimum Gasteiger partial charge on any atom is -0.127 e. The van der Waals surface area contributed by atoms with Crippen molar-refractivity contribution in [2.45, 2.75) is 95.3 Å². The minimum atomic E-state index is 0.0206. The Bertz CT molecular complexity index is 789. The molecule has 0 saturated carbocycles. The summed E-state index contributed by atoms with van der Waals surface area (Å²) in [5.74, 6) is 1.56. The molecule has 1 aliphatic rings. The largest absolute Gasteiger partial charge is 0.127 e. The molecule has 0 bridgehead atoms. The molecule has 0 amide bonds. The van der Waals surface area contributed by atoms with Crippen molar-refractivity contribution < 1.29 is 0 Å². The van der Waals surface area contributed by atoms with Crippen LogP contribution in [0.2, 0.25) is 10.0 Å². The van der Waals surface area contributed by atoms with Crippen LogP contribution in [0.5, 0.6) is 0 Å². The summed E-state index contributed by atoms with van der Waals surface area (Å²) in [6, 6.07) is 12.9. The van der Waals surface area contributed by atoms with E-state index in [1.54, 1.807) is 0 Å². The zero-order valence-corrected chi connectivity index (χ0v) is 22.8. The van der Waals surface area contributed by atoms with Crippen molar-refractivity contribution in [1.82, 2.24) is 0 Å². The van der Waals surface area contributed by atoms with Crippen LogP contribution in [0.25, 0.3) is 11.1 Å². The van der Waals surface area contributed by atoms with Crippen LogP contribution in [0, 0.1) is 0 Å². The van der Waals surface area contributed by atoms with Crippen molar-refractivity contribution in [3.05, 3.63) is 57.6 Å². The fourth-order valence-corrected chi connectivity index (χ4v) is 6.28. The zero-order chi connectivity index (χ0) is 23.5. The van der Waals surface area contributed by atoms with Crippen LogP contribution in [-0.4, -0.2) is 11.8 Å². The molecule has 0 atom stereocenters. The predicted octanol–water partition coefficient (Wildman–Crippen LogP) is 11.2. The molecule has 0 spiro atoms. The topological polar surface area (TPSA) is 0 Å². The summed E-state index contributed by atoms with van der Waals surface area (Å²) >= 11 is 24.8. The van der Waals surface area contributed by atoms with E-state index in [4.69, 9.17) is 46.4 Å². The van der Waals surface area contributed by atoms with Crippen LogP contribution in [0.1, 0.15) is 101 Å². The molecule has 2 aromatic carbocycles. The standard InChI is InChI=1S/C29H38Cl4/c30-19-11-7-3-1-5-9-17-29(18-10-6-2-4-8-12-20-31)27-21-23(32)13-15-25(27)26-16-14-24(33)22-28(26)29/h13-16,21-22H,1-12,17-20H2. The molecule has 4 heteroatoms. The van der Waals surface area contributed by atoms with Crippen LogP contribution < -0.4 is 0 Å². The van der Waals surface area contributed by atoms with Gasteiger partial charge in [-0.3, -0.25) is 0 Å². The van der Waals surface area contributed by atoms with Crippen molar-refractivity contribution in [3.8, 4) is 11.1 Å². The Morgan fingerprint density at radius 3 is 1.24 bits per heavy atom. The van der Waals surface area contributed by atoms with Crippen LogP contribution >= 0.6 is 46.4 Å². The van der Waals surface area contributed by atoms with Gasteiger partial charge < -0.3 is 0 Å². The van der Waals surface area contributed by atoms with Crippen molar-refractivity contribution in [2.24, 2.45) is 0 Å². The highest BCUT2D eigenvalue weighted by Gasteiger charge is 2.42. The second-order valence-electron chi connectivity index (χ2n) is 9.58. The fraction of sp³-hybridized carbons (Fsp3) is 0.586. The summed E-state index contributed by atoms with van der Waals surface area (Å²) in [6.45, 7) is 0. The Balaban J connectivity index is 1.77. The first-order chi connectivity index (χ1) is 16.1. The lowest BCUT2D eigenvalue weighted by atomic mass is 9.70. The second kappa shape index (κ2) is 14.2. The molecule has 0 saturated heterocycles. The molecule has 0 N–H and O–H groups in total. The number of fused-ring (bicyclic) bond motifs is 3. The van der Waals surface area contributed by atoms with Gasteiger partial charge in [-0.15, -0.1) is 23.2 Å². The molecular weight excluding hydrogens is 490 g/mol. The molecule has 0 aromatic heterocycles. The summed E-state index contributed by atoms with van der Waals surface area (Å²) < 4.78 is 0. The number of rotatable bonds is 16. The number of alkyl halides is 2. The van der Waals surface area contributed by atoms with Gasteiger partial charge >= 0.3 is 0 Å². The monoisotopic (exact) mass is 526 g/mol. The molecule has 0 fully saturated rings. The normalized spacial score (nSPS) is 13.8. The maximum absolute atomic E-state index is 6.54. The van der Waals surface area contributed by atoms with Gasteiger partial charge in [-0.25, -0.2) is 0 Å². The van der Waals surface area contributed by atoms with E-state index in [9.17, 15) is 0 Å². The highest BCUT2D eigenvalue weighted by Crippen LogP contribution is 2.55. The van der Waals surface area contributed by atoms with E-state index in [2.05, 4.69) is 24.3 Å². The third-order valence-corrected chi connectivity index (χ3v) is 8.26. The lowest BCUT2D eigenvalue weighted by molar-refractivity contribution is 0.398. The molecule has 33 heavy (non-hydrogen) atoms. The molecular formula is C29H38Cl4. The van der Waals surface area contributed by atoms with Gasteiger partial charge in [0.1, 0.15) is 0 Å². The van der Waals surface area contributed by atoms with Gasteiger partial charge in [0.05, 0.1) is 0 Å². The molecule has 2 aromatic rings. The first-order valence-corrected chi connectivity index (χ1v) is 14.7. The van der Waals surface area contributed by atoms with E-state index in [-0.39, 0.29) is 5.41 Å². The number of benzene rings is 2. The Kier molecular flexibility index (Phi) is 11.7.